The van der Waals surface area contributed by atoms with Crippen LogP contribution in [0.25, 0.3) is 0 Å². The van der Waals surface area contributed by atoms with Crippen LogP contribution >= 0.6 is 38.4 Å². The fraction of sp³-hybridized carbons (Fsp3) is 0.0952. The van der Waals surface area contributed by atoms with Gasteiger partial charge in [-0.1, -0.05) is 140 Å². The first-order valence-corrected chi connectivity index (χ1v) is 18.6. The van der Waals surface area contributed by atoms with Gasteiger partial charge in [0, 0.05) is 48.6 Å². The van der Waals surface area contributed by atoms with Gasteiger partial charge in [-0.05, 0) is 109 Å². The Morgan fingerprint density at radius 1 is 0.569 bits per heavy atom. The maximum Gasteiger partial charge on any atom is 0.00405 e. The molecule has 0 N–H and O–H groups in total. The number of aryl methyl sites for hydroxylation is 2. The van der Waals surface area contributed by atoms with Gasteiger partial charge < -0.3 is 0 Å². The van der Waals surface area contributed by atoms with E-state index in [-0.39, 0.29) is 33.6 Å². The molecule has 0 aliphatic carbocycles. The van der Waals surface area contributed by atoms with Crippen LogP contribution in [0.3, 0.4) is 0 Å². The summed E-state index contributed by atoms with van der Waals surface area (Å²) in [7, 11) is -0.817. The third-order valence-electron chi connectivity index (χ3n) is 6.55. The minimum Gasteiger partial charge on any atom is -0.0622 e. The Morgan fingerprint density at radius 2 is 0.843 bits per heavy atom. The number of benzene rings is 5. The molecule has 0 bridgehead atoms. The fourth-order valence-electron chi connectivity index (χ4n) is 4.25. The van der Waals surface area contributed by atoms with Crippen molar-refractivity contribution in [3.05, 3.63) is 192 Å². The van der Waals surface area contributed by atoms with Gasteiger partial charge in [0.05, 0.1) is 0 Å². The number of allylic oxidation sites excluding steroid dienone is 1. The Bertz CT molecular complexity index is 1640. The molecule has 0 saturated carbocycles. The van der Waals surface area contributed by atoms with E-state index < -0.39 is 15.8 Å². The fourth-order valence-corrected chi connectivity index (χ4v) is 11.5. The standard InChI is InChI=1S/C25H22P2.C13H13I.4CO.2Co/c1-5-13-22(14-6-1)26(23-15-7-2-8-16-23)21-27(24-17-9-3-10-18-24)25-19-11-4-12-20-25;1-9(2)5-6-12-7-10(3)11(4)8-13(12)14;4*1-2;;/h1-20H,21H2;7-8H,1H2,2-4H3;;;;;;. The molecule has 0 amide bonds. The second-order valence-corrected chi connectivity index (χ2v) is 15.9. The van der Waals surface area contributed by atoms with E-state index in [1.165, 1.54) is 41.8 Å². The van der Waals surface area contributed by atoms with Crippen molar-refractivity contribution in [1.82, 2.24) is 0 Å². The smallest absolute Gasteiger partial charge is 0.00405 e. The summed E-state index contributed by atoms with van der Waals surface area (Å²) < 4.78 is 31.2. The second kappa shape index (κ2) is 32.8. The van der Waals surface area contributed by atoms with E-state index in [2.05, 4.69) is 215 Å². The summed E-state index contributed by atoms with van der Waals surface area (Å²) in [4.78, 5) is 0. The zero-order chi connectivity index (χ0) is 37.0. The molecule has 0 saturated heterocycles. The number of hydrogen-bond acceptors (Lipinski definition) is 0. The van der Waals surface area contributed by atoms with Gasteiger partial charge in [-0.2, -0.15) is 0 Å². The zero-order valence-electron chi connectivity index (χ0n) is 28.2. The molecule has 0 fully saturated rings. The zero-order valence-corrected chi connectivity index (χ0v) is 34.2. The summed E-state index contributed by atoms with van der Waals surface area (Å²) in [6.45, 7) is 27.9. The van der Waals surface area contributed by atoms with E-state index in [0.717, 1.165) is 11.1 Å². The molecule has 9 heteroatoms. The molecule has 5 rings (SSSR count). The summed E-state index contributed by atoms with van der Waals surface area (Å²) in [6.07, 6.45) is 0. The van der Waals surface area contributed by atoms with Crippen molar-refractivity contribution in [2.24, 2.45) is 0 Å². The predicted octanol–water partition coefficient (Wildman–Crippen LogP) is 8.89. The number of rotatable bonds is 6. The van der Waals surface area contributed by atoms with Gasteiger partial charge in [-0.25, -0.2) is 0 Å². The van der Waals surface area contributed by atoms with E-state index in [1.807, 2.05) is 6.92 Å². The van der Waals surface area contributed by atoms with E-state index in [1.54, 1.807) is 0 Å². The molecule has 51 heavy (non-hydrogen) atoms. The van der Waals surface area contributed by atoms with Crippen molar-refractivity contribution in [2.45, 2.75) is 20.8 Å². The van der Waals surface area contributed by atoms with Crippen molar-refractivity contribution in [1.29, 1.82) is 0 Å². The summed E-state index contributed by atoms with van der Waals surface area (Å²) in [5, 5.41) is 5.83. The van der Waals surface area contributed by atoms with Crippen molar-refractivity contribution < 1.29 is 52.2 Å². The Balaban J connectivity index is -0.000000821. The summed E-state index contributed by atoms with van der Waals surface area (Å²) in [5.74, 6) is 7.30. The number of hydrogen-bond donors (Lipinski definition) is 0. The van der Waals surface area contributed by atoms with Crippen LogP contribution in [0.1, 0.15) is 23.6 Å². The van der Waals surface area contributed by atoms with Gasteiger partial charge in [0.1, 0.15) is 0 Å². The molecule has 0 atom stereocenters. The average Bonchev–Trinajstić information content (AvgIpc) is 3.18. The maximum atomic E-state index is 7.50. The van der Waals surface area contributed by atoms with Crippen LogP contribution in [0, 0.1) is 55.9 Å². The molecular formula is C42H35Co2IO4P2. The summed E-state index contributed by atoms with van der Waals surface area (Å²) in [6, 6.07) is 48.4. The maximum absolute atomic E-state index is 7.50. The normalized spacial score (nSPS) is 8.51. The minimum atomic E-state index is -0.409. The van der Waals surface area contributed by atoms with Gasteiger partial charge in [0.2, 0.25) is 0 Å². The van der Waals surface area contributed by atoms with Crippen LogP contribution in [0.2, 0.25) is 0 Å². The first-order chi connectivity index (χ1) is 23.9. The van der Waals surface area contributed by atoms with Gasteiger partial charge in [-0.15, -0.1) is 0 Å². The Hall–Kier alpha value is -3.04. The van der Waals surface area contributed by atoms with Crippen LogP contribution in [0.15, 0.2) is 146 Å². The molecule has 0 heterocycles. The van der Waals surface area contributed by atoms with Gasteiger partial charge in [0.15, 0.2) is 0 Å². The molecular weight excluding hydrogens is 875 g/mol. The third kappa shape index (κ3) is 19.4. The van der Waals surface area contributed by atoms with Crippen LogP contribution in [0.5, 0.6) is 0 Å². The molecule has 0 spiro atoms. The first-order valence-electron chi connectivity index (χ1n) is 14.4. The van der Waals surface area contributed by atoms with Crippen molar-refractivity contribution >= 4 is 59.7 Å². The Labute approximate surface area is 340 Å². The minimum absolute atomic E-state index is 0. The summed E-state index contributed by atoms with van der Waals surface area (Å²) >= 11 is 2.32. The van der Waals surface area contributed by atoms with Gasteiger partial charge >= 0.3 is 45.2 Å². The first kappa shape index (κ1) is 52.3. The Kier molecular flexibility index (Phi) is 33.7. The average molecular weight is 910 g/mol. The number of halogens is 1. The predicted molar refractivity (Wildman–Crippen MR) is 209 cm³/mol. The van der Waals surface area contributed by atoms with Crippen LogP contribution < -0.4 is 21.2 Å². The van der Waals surface area contributed by atoms with Crippen LogP contribution in [0.4, 0.5) is 0 Å². The molecule has 5 aromatic carbocycles. The Morgan fingerprint density at radius 3 is 1.12 bits per heavy atom. The van der Waals surface area contributed by atoms with E-state index in [9.17, 15) is 0 Å². The van der Waals surface area contributed by atoms with E-state index >= 15 is 0 Å². The monoisotopic (exact) mass is 910 g/mol. The van der Waals surface area contributed by atoms with E-state index in [0.29, 0.717) is 0 Å². The third-order valence-corrected chi connectivity index (χ3v) is 13.4. The van der Waals surface area contributed by atoms with Gasteiger partial charge in [0.25, 0.3) is 0 Å². The SMILES string of the molecule is C=C(C)C#Cc1cc(C)c(C)cc1I.[C-]#[O+].[C-]#[O+].[C-]#[O+].[C-]#[O+].[Co].[Co].c1ccc(P(CP(c2ccccc2)c2ccccc2)c2ccccc2)cc1. The van der Waals surface area contributed by atoms with Crippen LogP contribution in [-0.2, 0) is 52.2 Å². The van der Waals surface area contributed by atoms with Gasteiger partial charge in [-0.3, -0.25) is 0 Å². The quantitative estimate of drug-likeness (QED) is 0.0537. The van der Waals surface area contributed by atoms with E-state index in [4.69, 9.17) is 18.6 Å². The summed E-state index contributed by atoms with van der Waals surface area (Å²) in [5.41, 5.74) is 4.60. The molecule has 262 valence electrons. The molecule has 4 nitrogen and oxygen atoms in total. The molecule has 0 aliphatic heterocycles. The van der Waals surface area contributed by atoms with Crippen molar-refractivity contribution in [2.75, 3.05) is 5.90 Å². The van der Waals surface area contributed by atoms with Crippen LogP contribution in [-0.4, -0.2) is 5.90 Å². The largest absolute Gasteiger partial charge is 0.0622 e. The second-order valence-electron chi connectivity index (χ2n) is 9.79. The molecule has 0 unspecified atom stereocenters. The molecule has 0 aliphatic rings. The van der Waals surface area contributed by atoms with Crippen molar-refractivity contribution in [3.63, 3.8) is 0 Å². The van der Waals surface area contributed by atoms with Crippen molar-refractivity contribution in [3.8, 4) is 11.8 Å². The molecule has 2 radical (unpaired) electrons. The molecule has 0 aromatic heterocycles. The topological polar surface area (TPSA) is 79.6 Å². The molecule has 5 aromatic rings.